The minimum Gasteiger partial charge on any atom is -0.375 e. The van der Waals surface area contributed by atoms with Crippen LogP contribution in [0.3, 0.4) is 0 Å². The van der Waals surface area contributed by atoms with Crippen molar-refractivity contribution in [1.82, 2.24) is 5.32 Å². The molecule has 100 valence electrons. The number of nitrogens with one attached hydrogen (secondary N) is 2. The van der Waals surface area contributed by atoms with Gasteiger partial charge in [0.1, 0.15) is 0 Å². The van der Waals surface area contributed by atoms with Gasteiger partial charge < -0.3 is 10.6 Å². The Kier molecular flexibility index (Phi) is 5.96. The summed E-state index contributed by atoms with van der Waals surface area (Å²) in [6, 6.07) is 5.58. The highest BCUT2D eigenvalue weighted by Gasteiger charge is 2.10. The molecule has 0 aliphatic carbocycles. The number of benzene rings is 1. The van der Waals surface area contributed by atoms with Crippen LogP contribution in [-0.4, -0.2) is 18.5 Å². The van der Waals surface area contributed by atoms with E-state index in [1.54, 1.807) is 12.1 Å². The van der Waals surface area contributed by atoms with Crippen LogP contribution in [0.25, 0.3) is 0 Å². The molecule has 2 N–H and O–H groups in total. The second kappa shape index (κ2) is 7.00. The van der Waals surface area contributed by atoms with Crippen LogP contribution in [0.15, 0.2) is 22.7 Å². The molecule has 1 unspecified atom stereocenters. The molecule has 0 spiro atoms. The molecule has 0 heterocycles. The van der Waals surface area contributed by atoms with Crippen molar-refractivity contribution in [2.75, 3.05) is 11.9 Å². The molecule has 1 atom stereocenters. The fourth-order valence-corrected chi connectivity index (χ4v) is 2.10. The van der Waals surface area contributed by atoms with E-state index in [1.165, 1.54) is 0 Å². The van der Waals surface area contributed by atoms with Gasteiger partial charge in [0.25, 0.3) is 0 Å². The van der Waals surface area contributed by atoms with E-state index < -0.39 is 0 Å². The van der Waals surface area contributed by atoms with E-state index in [0.717, 1.165) is 10.2 Å². The first-order valence-corrected chi connectivity index (χ1v) is 7.05. The lowest BCUT2D eigenvalue weighted by atomic mass is 10.1. The molecule has 0 fully saturated rings. The first-order chi connectivity index (χ1) is 8.40. The second-order valence-corrected chi connectivity index (χ2v) is 5.87. The van der Waals surface area contributed by atoms with E-state index >= 15 is 0 Å². The molecule has 1 aromatic rings. The average Bonchev–Trinajstić information content (AvgIpc) is 2.27. The fourth-order valence-electron chi connectivity index (χ4n) is 1.28. The van der Waals surface area contributed by atoms with Gasteiger partial charge in [-0.2, -0.15) is 0 Å². The number of hydrogen-bond donors (Lipinski definition) is 2. The molecule has 0 aliphatic heterocycles. The van der Waals surface area contributed by atoms with Crippen LogP contribution in [0.5, 0.6) is 0 Å². The molecular formula is C13H18BrClN2O. The fraction of sp³-hybridized carbons (Fsp3) is 0.462. The van der Waals surface area contributed by atoms with Crippen LogP contribution in [-0.2, 0) is 4.79 Å². The minimum atomic E-state index is -0.0157. The molecular weight excluding hydrogens is 316 g/mol. The van der Waals surface area contributed by atoms with Gasteiger partial charge in [-0.1, -0.05) is 25.4 Å². The second-order valence-electron chi connectivity index (χ2n) is 4.58. The third kappa shape index (κ3) is 4.86. The number of rotatable bonds is 5. The quantitative estimate of drug-likeness (QED) is 0.863. The third-order valence-electron chi connectivity index (χ3n) is 2.76. The van der Waals surface area contributed by atoms with Crippen LogP contribution < -0.4 is 10.6 Å². The summed E-state index contributed by atoms with van der Waals surface area (Å²) in [4.78, 5) is 11.7. The van der Waals surface area contributed by atoms with E-state index in [1.807, 2.05) is 13.0 Å². The normalized spacial score (nSPS) is 12.3. The minimum absolute atomic E-state index is 0.0157. The maximum atomic E-state index is 11.7. The van der Waals surface area contributed by atoms with E-state index in [9.17, 15) is 4.79 Å². The van der Waals surface area contributed by atoms with Gasteiger partial charge in [0.2, 0.25) is 5.91 Å². The van der Waals surface area contributed by atoms with Crippen molar-refractivity contribution in [3.63, 3.8) is 0 Å². The summed E-state index contributed by atoms with van der Waals surface area (Å²) in [6.45, 7) is 6.40. The lowest BCUT2D eigenvalue weighted by molar-refractivity contribution is -0.120. The van der Waals surface area contributed by atoms with Gasteiger partial charge in [-0.05, 0) is 47.0 Å². The van der Waals surface area contributed by atoms with Crippen molar-refractivity contribution in [3.8, 4) is 0 Å². The van der Waals surface area contributed by atoms with Crippen molar-refractivity contribution >= 4 is 39.1 Å². The molecule has 5 heteroatoms. The lowest BCUT2D eigenvalue weighted by Gasteiger charge is -2.18. The lowest BCUT2D eigenvalue weighted by Crippen LogP contribution is -2.39. The molecule has 1 aromatic carbocycles. The first-order valence-electron chi connectivity index (χ1n) is 5.88. The largest absolute Gasteiger partial charge is 0.375 e. The summed E-state index contributed by atoms with van der Waals surface area (Å²) in [5, 5.41) is 6.66. The number of halogens is 2. The Morgan fingerprint density at radius 2 is 2.06 bits per heavy atom. The maximum Gasteiger partial charge on any atom is 0.239 e. The number of amides is 1. The molecule has 0 radical (unpaired) electrons. The Balaban J connectivity index is 2.47. The van der Waals surface area contributed by atoms with Crippen molar-refractivity contribution in [1.29, 1.82) is 0 Å². The highest BCUT2D eigenvalue weighted by Crippen LogP contribution is 2.25. The van der Waals surface area contributed by atoms with Crippen LogP contribution >= 0.6 is 27.5 Å². The number of anilines is 1. The van der Waals surface area contributed by atoms with Crippen LogP contribution in [0, 0.1) is 5.92 Å². The number of carbonyl (C=O) groups excluding carboxylic acids is 1. The maximum absolute atomic E-state index is 11.7. The van der Waals surface area contributed by atoms with Crippen molar-refractivity contribution in [2.24, 2.45) is 5.92 Å². The SMILES string of the molecule is CC(C)C(C)NC(=O)CNc1ccc(Cl)cc1Br. The molecule has 3 nitrogen and oxygen atoms in total. The summed E-state index contributed by atoms with van der Waals surface area (Å²) in [5.41, 5.74) is 0.853. The van der Waals surface area contributed by atoms with Crippen molar-refractivity contribution < 1.29 is 4.79 Å². The van der Waals surface area contributed by atoms with E-state index in [2.05, 4.69) is 40.4 Å². The molecule has 0 bridgehead atoms. The highest BCUT2D eigenvalue weighted by atomic mass is 79.9. The smallest absolute Gasteiger partial charge is 0.239 e. The zero-order valence-electron chi connectivity index (χ0n) is 10.8. The molecule has 0 aromatic heterocycles. The monoisotopic (exact) mass is 332 g/mol. The Labute approximate surface area is 121 Å². The number of carbonyl (C=O) groups is 1. The van der Waals surface area contributed by atoms with Crippen molar-refractivity contribution in [2.45, 2.75) is 26.8 Å². The predicted molar refractivity (Wildman–Crippen MR) is 80.1 cm³/mol. The Bertz CT molecular complexity index is 423. The van der Waals surface area contributed by atoms with Crippen LogP contribution in [0.4, 0.5) is 5.69 Å². The van der Waals surface area contributed by atoms with Gasteiger partial charge in [-0.15, -0.1) is 0 Å². The summed E-state index contributed by atoms with van der Waals surface area (Å²) in [6.07, 6.45) is 0. The zero-order valence-corrected chi connectivity index (χ0v) is 13.1. The summed E-state index contributed by atoms with van der Waals surface area (Å²) < 4.78 is 0.847. The van der Waals surface area contributed by atoms with E-state index in [0.29, 0.717) is 10.9 Å². The molecule has 1 amide bonds. The Morgan fingerprint density at radius 1 is 1.39 bits per heavy atom. The molecule has 18 heavy (non-hydrogen) atoms. The highest BCUT2D eigenvalue weighted by molar-refractivity contribution is 9.10. The predicted octanol–water partition coefficient (Wildman–Crippen LogP) is 3.68. The van der Waals surface area contributed by atoms with E-state index in [-0.39, 0.29) is 18.5 Å². The average molecular weight is 334 g/mol. The van der Waals surface area contributed by atoms with Crippen LogP contribution in [0.1, 0.15) is 20.8 Å². The van der Waals surface area contributed by atoms with Gasteiger partial charge in [0.15, 0.2) is 0 Å². The van der Waals surface area contributed by atoms with Gasteiger partial charge in [-0.3, -0.25) is 4.79 Å². The third-order valence-corrected chi connectivity index (χ3v) is 3.65. The summed E-state index contributed by atoms with van der Waals surface area (Å²) in [5.74, 6) is 0.411. The van der Waals surface area contributed by atoms with Crippen molar-refractivity contribution in [3.05, 3.63) is 27.7 Å². The molecule has 1 rings (SSSR count). The molecule has 0 aliphatic rings. The zero-order chi connectivity index (χ0) is 13.7. The van der Waals surface area contributed by atoms with E-state index in [4.69, 9.17) is 11.6 Å². The Morgan fingerprint density at radius 3 is 2.61 bits per heavy atom. The van der Waals surface area contributed by atoms with Gasteiger partial charge in [-0.25, -0.2) is 0 Å². The van der Waals surface area contributed by atoms with Gasteiger partial charge >= 0.3 is 0 Å². The van der Waals surface area contributed by atoms with Gasteiger partial charge in [0, 0.05) is 21.2 Å². The molecule has 0 saturated heterocycles. The summed E-state index contributed by atoms with van der Waals surface area (Å²) in [7, 11) is 0. The first kappa shape index (κ1) is 15.3. The Hall–Kier alpha value is -0.740. The topological polar surface area (TPSA) is 41.1 Å². The molecule has 0 saturated carbocycles. The van der Waals surface area contributed by atoms with Gasteiger partial charge in [0.05, 0.1) is 6.54 Å². The summed E-state index contributed by atoms with van der Waals surface area (Å²) >= 11 is 9.24. The van der Waals surface area contributed by atoms with Crippen LogP contribution in [0.2, 0.25) is 5.02 Å². The standard InChI is InChI=1S/C13H18BrClN2O/c1-8(2)9(3)17-13(18)7-16-12-5-4-10(15)6-11(12)14/h4-6,8-9,16H,7H2,1-3H3,(H,17,18). The number of hydrogen-bond acceptors (Lipinski definition) is 2.